The normalized spacial score (nSPS) is 12.7. The van der Waals surface area contributed by atoms with E-state index in [1.54, 1.807) is 7.11 Å². The number of hydrogen-bond donors (Lipinski definition) is 1. The van der Waals surface area contributed by atoms with Crippen molar-refractivity contribution in [1.82, 2.24) is 4.90 Å². The molecule has 0 aliphatic heterocycles. The van der Waals surface area contributed by atoms with Crippen LogP contribution in [0.2, 0.25) is 0 Å². The summed E-state index contributed by atoms with van der Waals surface area (Å²) in [4.78, 5) is 2.28. The zero-order chi connectivity index (χ0) is 13.4. The van der Waals surface area contributed by atoms with E-state index < -0.39 is 0 Å². The summed E-state index contributed by atoms with van der Waals surface area (Å²) < 4.78 is 5.15. The number of benzene rings is 1. The van der Waals surface area contributed by atoms with Crippen LogP contribution >= 0.6 is 0 Å². The van der Waals surface area contributed by atoms with Crippen molar-refractivity contribution in [2.75, 3.05) is 33.9 Å². The SMILES string of the molecule is COc1ccc(CC(C)CN(C)CCCO)cc1. The highest BCUT2D eigenvalue weighted by Gasteiger charge is 2.07. The minimum Gasteiger partial charge on any atom is -0.497 e. The van der Waals surface area contributed by atoms with Gasteiger partial charge in [0.1, 0.15) is 5.75 Å². The predicted octanol–water partition coefficient (Wildman–Crippen LogP) is 2.19. The Labute approximate surface area is 110 Å². The lowest BCUT2D eigenvalue weighted by Gasteiger charge is -2.21. The van der Waals surface area contributed by atoms with E-state index in [4.69, 9.17) is 9.84 Å². The molecule has 0 aromatic heterocycles. The van der Waals surface area contributed by atoms with Crippen LogP contribution in [0.1, 0.15) is 18.9 Å². The summed E-state index contributed by atoms with van der Waals surface area (Å²) in [6.45, 7) is 4.56. The number of rotatable bonds is 8. The van der Waals surface area contributed by atoms with Gasteiger partial charge in [-0.25, -0.2) is 0 Å². The highest BCUT2D eigenvalue weighted by atomic mass is 16.5. The average molecular weight is 251 g/mol. The fraction of sp³-hybridized carbons (Fsp3) is 0.600. The van der Waals surface area contributed by atoms with Crippen LogP contribution in [0.25, 0.3) is 0 Å². The Morgan fingerprint density at radius 2 is 1.94 bits per heavy atom. The van der Waals surface area contributed by atoms with Gasteiger partial charge in [0.2, 0.25) is 0 Å². The fourth-order valence-corrected chi connectivity index (χ4v) is 2.19. The van der Waals surface area contributed by atoms with Crippen molar-refractivity contribution in [1.29, 1.82) is 0 Å². The molecule has 18 heavy (non-hydrogen) atoms. The van der Waals surface area contributed by atoms with Gasteiger partial charge in [0.25, 0.3) is 0 Å². The van der Waals surface area contributed by atoms with Crippen LogP contribution in [0.5, 0.6) is 5.75 Å². The molecule has 0 fully saturated rings. The van der Waals surface area contributed by atoms with E-state index in [1.165, 1.54) is 5.56 Å². The molecule has 0 heterocycles. The van der Waals surface area contributed by atoms with Gasteiger partial charge in [0.05, 0.1) is 7.11 Å². The number of ether oxygens (including phenoxy) is 1. The zero-order valence-electron chi connectivity index (χ0n) is 11.7. The van der Waals surface area contributed by atoms with Gasteiger partial charge in [-0.15, -0.1) is 0 Å². The van der Waals surface area contributed by atoms with Crippen molar-refractivity contribution in [2.24, 2.45) is 5.92 Å². The lowest BCUT2D eigenvalue weighted by atomic mass is 10.0. The quantitative estimate of drug-likeness (QED) is 0.769. The Kier molecular flexibility index (Phi) is 6.76. The molecule has 0 radical (unpaired) electrons. The molecule has 0 bridgehead atoms. The molecule has 1 rings (SSSR count). The number of aliphatic hydroxyl groups excluding tert-OH is 1. The maximum atomic E-state index is 8.80. The van der Waals surface area contributed by atoms with Crippen molar-refractivity contribution in [3.8, 4) is 5.75 Å². The number of aliphatic hydroxyl groups is 1. The number of hydrogen-bond acceptors (Lipinski definition) is 3. The minimum atomic E-state index is 0.275. The monoisotopic (exact) mass is 251 g/mol. The predicted molar refractivity (Wildman–Crippen MR) is 75.1 cm³/mol. The summed E-state index contributed by atoms with van der Waals surface area (Å²) in [5, 5.41) is 8.80. The molecule has 102 valence electrons. The molecule has 0 aliphatic carbocycles. The van der Waals surface area contributed by atoms with Crippen molar-refractivity contribution in [2.45, 2.75) is 19.8 Å². The van der Waals surface area contributed by atoms with Gasteiger partial charge >= 0.3 is 0 Å². The molecule has 0 amide bonds. The molecular formula is C15H25NO2. The van der Waals surface area contributed by atoms with Crippen LogP contribution in [0.3, 0.4) is 0 Å². The largest absolute Gasteiger partial charge is 0.497 e. The molecule has 0 aliphatic rings. The second kappa shape index (κ2) is 8.11. The first-order chi connectivity index (χ1) is 8.65. The molecule has 0 saturated carbocycles. The Morgan fingerprint density at radius 3 is 2.50 bits per heavy atom. The molecule has 3 nitrogen and oxygen atoms in total. The maximum Gasteiger partial charge on any atom is 0.118 e. The molecule has 0 spiro atoms. The molecule has 1 unspecified atom stereocenters. The minimum absolute atomic E-state index is 0.275. The molecule has 3 heteroatoms. The van der Waals surface area contributed by atoms with Crippen molar-refractivity contribution in [3.63, 3.8) is 0 Å². The summed E-state index contributed by atoms with van der Waals surface area (Å²) in [7, 11) is 3.80. The smallest absolute Gasteiger partial charge is 0.118 e. The molecule has 1 atom stereocenters. The summed E-state index contributed by atoms with van der Waals surface area (Å²) in [6, 6.07) is 8.28. The van der Waals surface area contributed by atoms with Crippen molar-refractivity contribution in [3.05, 3.63) is 29.8 Å². The van der Waals surface area contributed by atoms with Gasteiger partial charge in [-0.1, -0.05) is 19.1 Å². The third kappa shape index (κ3) is 5.52. The first kappa shape index (κ1) is 15.0. The summed E-state index contributed by atoms with van der Waals surface area (Å²) in [5.74, 6) is 1.52. The third-order valence-corrected chi connectivity index (χ3v) is 3.06. The van der Waals surface area contributed by atoms with E-state index in [9.17, 15) is 0 Å². The van der Waals surface area contributed by atoms with Crippen LogP contribution in [-0.4, -0.2) is 43.9 Å². The van der Waals surface area contributed by atoms with Gasteiger partial charge in [-0.2, -0.15) is 0 Å². The van der Waals surface area contributed by atoms with Gasteiger partial charge in [0, 0.05) is 19.7 Å². The van der Waals surface area contributed by atoms with E-state index in [-0.39, 0.29) is 6.61 Å². The average Bonchev–Trinajstić information content (AvgIpc) is 2.37. The van der Waals surface area contributed by atoms with E-state index in [2.05, 4.69) is 31.0 Å². The maximum absolute atomic E-state index is 8.80. The zero-order valence-corrected chi connectivity index (χ0v) is 11.7. The van der Waals surface area contributed by atoms with E-state index in [1.807, 2.05) is 12.1 Å². The Morgan fingerprint density at radius 1 is 1.28 bits per heavy atom. The standard InChI is InChI=1S/C15H25NO2/c1-13(12-16(2)9-4-10-17)11-14-5-7-15(18-3)8-6-14/h5-8,13,17H,4,9-12H2,1-3H3. The van der Waals surface area contributed by atoms with Crippen molar-refractivity contribution >= 4 is 0 Å². The molecule has 1 aromatic rings. The Bertz CT molecular complexity index is 324. The van der Waals surface area contributed by atoms with Gasteiger partial charge in [-0.3, -0.25) is 0 Å². The van der Waals surface area contributed by atoms with Crippen LogP contribution in [0.15, 0.2) is 24.3 Å². The highest BCUT2D eigenvalue weighted by molar-refractivity contribution is 5.27. The van der Waals surface area contributed by atoms with E-state index in [0.717, 1.165) is 31.7 Å². The third-order valence-electron chi connectivity index (χ3n) is 3.06. The van der Waals surface area contributed by atoms with Crippen LogP contribution in [0.4, 0.5) is 0 Å². The first-order valence-electron chi connectivity index (χ1n) is 6.58. The Hall–Kier alpha value is -1.06. The van der Waals surface area contributed by atoms with Crippen LogP contribution < -0.4 is 4.74 Å². The number of methoxy groups -OCH3 is 1. The van der Waals surface area contributed by atoms with Crippen molar-refractivity contribution < 1.29 is 9.84 Å². The molecular weight excluding hydrogens is 226 g/mol. The summed E-state index contributed by atoms with van der Waals surface area (Å²) >= 11 is 0. The van der Waals surface area contributed by atoms with E-state index >= 15 is 0 Å². The lowest BCUT2D eigenvalue weighted by molar-refractivity contribution is 0.232. The lowest BCUT2D eigenvalue weighted by Crippen LogP contribution is -2.27. The second-order valence-corrected chi connectivity index (χ2v) is 5.00. The molecule has 1 aromatic carbocycles. The van der Waals surface area contributed by atoms with Gasteiger partial charge < -0.3 is 14.7 Å². The topological polar surface area (TPSA) is 32.7 Å². The first-order valence-corrected chi connectivity index (χ1v) is 6.58. The fourth-order valence-electron chi connectivity index (χ4n) is 2.19. The summed E-state index contributed by atoms with van der Waals surface area (Å²) in [6.07, 6.45) is 1.93. The second-order valence-electron chi connectivity index (χ2n) is 5.00. The summed E-state index contributed by atoms with van der Waals surface area (Å²) in [5.41, 5.74) is 1.35. The number of nitrogens with zero attached hydrogens (tertiary/aromatic N) is 1. The van der Waals surface area contributed by atoms with Crippen LogP contribution in [-0.2, 0) is 6.42 Å². The molecule has 0 saturated heterocycles. The van der Waals surface area contributed by atoms with Gasteiger partial charge in [0.15, 0.2) is 0 Å². The highest BCUT2D eigenvalue weighted by Crippen LogP contribution is 2.15. The van der Waals surface area contributed by atoms with Gasteiger partial charge in [-0.05, 0) is 43.5 Å². The van der Waals surface area contributed by atoms with Crippen LogP contribution in [0, 0.1) is 5.92 Å². The molecule has 1 N–H and O–H groups in total. The van der Waals surface area contributed by atoms with E-state index in [0.29, 0.717) is 5.92 Å². The Balaban J connectivity index is 2.36.